The van der Waals surface area contributed by atoms with Crippen LogP contribution >= 0.6 is 0 Å². The van der Waals surface area contributed by atoms with Crippen molar-refractivity contribution in [3.05, 3.63) is 0 Å². The van der Waals surface area contributed by atoms with Gasteiger partial charge in [0.05, 0.1) is 19.2 Å². The molecule has 2 fully saturated rings. The van der Waals surface area contributed by atoms with Crippen LogP contribution in [-0.4, -0.2) is 62.2 Å². The number of alkyl halides is 3. The summed E-state index contributed by atoms with van der Waals surface area (Å²) in [6.07, 6.45) is -3.28. The lowest BCUT2D eigenvalue weighted by atomic mass is 10.1. The van der Waals surface area contributed by atoms with Gasteiger partial charge in [0.15, 0.2) is 0 Å². The average Bonchev–Trinajstić information content (AvgIpc) is 2.26. The van der Waals surface area contributed by atoms with Gasteiger partial charge >= 0.3 is 12.2 Å². The third-order valence-electron chi connectivity index (χ3n) is 3.17. The van der Waals surface area contributed by atoms with Crippen molar-refractivity contribution in [1.29, 1.82) is 0 Å². The summed E-state index contributed by atoms with van der Waals surface area (Å²) in [4.78, 5) is 13.2. The van der Waals surface area contributed by atoms with E-state index >= 15 is 0 Å². The van der Waals surface area contributed by atoms with Crippen LogP contribution in [0.25, 0.3) is 0 Å². The molecule has 0 aromatic carbocycles. The van der Waals surface area contributed by atoms with E-state index in [0.29, 0.717) is 13.2 Å². The summed E-state index contributed by atoms with van der Waals surface area (Å²) in [5.74, 6) is 0. The maximum atomic E-state index is 11.9. The topological polar surface area (TPSA) is 50.8 Å². The summed E-state index contributed by atoms with van der Waals surface area (Å²) in [5, 5.41) is 2.84. The fourth-order valence-electron chi connectivity index (χ4n) is 2.03. The number of hydrogen-bond donors (Lipinski definition) is 1. The summed E-state index contributed by atoms with van der Waals surface area (Å²) < 4.78 is 45.6. The second kappa shape index (κ2) is 5.96. The van der Waals surface area contributed by atoms with Crippen molar-refractivity contribution in [3.8, 4) is 0 Å². The first-order chi connectivity index (χ1) is 8.94. The molecule has 2 aliphatic heterocycles. The van der Waals surface area contributed by atoms with Crippen LogP contribution in [0.1, 0.15) is 12.8 Å². The Morgan fingerprint density at radius 3 is 2.53 bits per heavy atom. The van der Waals surface area contributed by atoms with Crippen molar-refractivity contribution < 1.29 is 27.4 Å². The molecule has 0 aromatic heterocycles. The summed E-state index contributed by atoms with van der Waals surface area (Å²) in [5.41, 5.74) is 0. The first-order valence-corrected chi connectivity index (χ1v) is 6.25. The molecule has 0 spiro atoms. The molecule has 2 amide bonds. The van der Waals surface area contributed by atoms with E-state index in [4.69, 9.17) is 4.74 Å². The Kier molecular flexibility index (Phi) is 4.51. The molecular formula is C11H17F3N2O3. The van der Waals surface area contributed by atoms with Gasteiger partial charge in [-0.15, -0.1) is 0 Å². The first-order valence-electron chi connectivity index (χ1n) is 6.25. The molecular weight excluding hydrogens is 265 g/mol. The lowest BCUT2D eigenvalue weighted by Crippen LogP contribution is -2.59. The zero-order chi connectivity index (χ0) is 13.9. The van der Waals surface area contributed by atoms with Gasteiger partial charge in [0.2, 0.25) is 0 Å². The average molecular weight is 282 g/mol. The van der Waals surface area contributed by atoms with E-state index in [9.17, 15) is 18.0 Å². The summed E-state index contributed by atoms with van der Waals surface area (Å²) in [6, 6.07) is -0.143. The third kappa shape index (κ3) is 4.54. The number of halogens is 3. The molecule has 2 rings (SSSR count). The van der Waals surface area contributed by atoms with Gasteiger partial charge in [-0.05, 0) is 12.8 Å². The minimum absolute atomic E-state index is 0.0939. The number of ether oxygens (including phenoxy) is 2. The monoisotopic (exact) mass is 282 g/mol. The SMILES string of the molecule is O=C(NC1CCOCC1)N1CC(OCC(F)(F)F)C1. The highest BCUT2D eigenvalue weighted by molar-refractivity contribution is 5.75. The van der Waals surface area contributed by atoms with Crippen LogP contribution in [0.4, 0.5) is 18.0 Å². The summed E-state index contributed by atoms with van der Waals surface area (Å²) >= 11 is 0. The highest BCUT2D eigenvalue weighted by Gasteiger charge is 2.36. The number of rotatable bonds is 3. The molecule has 0 atom stereocenters. The van der Waals surface area contributed by atoms with Gasteiger partial charge in [-0.25, -0.2) is 4.79 Å². The predicted octanol–water partition coefficient (Wildman–Crippen LogP) is 1.14. The standard InChI is InChI=1S/C11H17F3N2O3/c12-11(13,14)7-19-9-5-16(6-9)10(17)15-8-1-3-18-4-2-8/h8-9H,1-7H2,(H,15,17). The highest BCUT2D eigenvalue weighted by atomic mass is 19.4. The normalized spacial score (nSPS) is 22.2. The van der Waals surface area contributed by atoms with Crippen LogP contribution in [0.3, 0.4) is 0 Å². The number of likely N-dealkylation sites (tertiary alicyclic amines) is 1. The maximum Gasteiger partial charge on any atom is 0.411 e. The van der Waals surface area contributed by atoms with Crippen molar-refractivity contribution in [1.82, 2.24) is 10.2 Å². The number of amides is 2. The molecule has 0 radical (unpaired) electrons. The van der Waals surface area contributed by atoms with Crippen LogP contribution in [0, 0.1) is 0 Å². The Morgan fingerprint density at radius 1 is 1.32 bits per heavy atom. The van der Waals surface area contributed by atoms with Gasteiger partial charge in [-0.3, -0.25) is 0 Å². The Bertz CT molecular complexity index is 313. The van der Waals surface area contributed by atoms with Gasteiger partial charge < -0.3 is 19.7 Å². The number of urea groups is 1. The van der Waals surface area contributed by atoms with E-state index in [1.165, 1.54) is 4.90 Å². The molecule has 0 bridgehead atoms. The molecule has 2 aliphatic rings. The van der Waals surface area contributed by atoms with E-state index in [-0.39, 0.29) is 25.2 Å². The molecule has 8 heteroatoms. The molecule has 110 valence electrons. The van der Waals surface area contributed by atoms with Crippen molar-refractivity contribution in [2.75, 3.05) is 32.9 Å². The molecule has 0 unspecified atom stereocenters. The van der Waals surface area contributed by atoms with Gasteiger partial charge in [0.1, 0.15) is 6.61 Å². The number of carbonyl (C=O) groups excluding carboxylic acids is 1. The smallest absolute Gasteiger partial charge is 0.381 e. The van der Waals surface area contributed by atoms with E-state index in [1.807, 2.05) is 0 Å². The zero-order valence-corrected chi connectivity index (χ0v) is 10.4. The maximum absolute atomic E-state index is 11.9. The Balaban J connectivity index is 1.61. The van der Waals surface area contributed by atoms with Gasteiger partial charge in [-0.2, -0.15) is 13.2 Å². The summed E-state index contributed by atoms with van der Waals surface area (Å²) in [6.45, 7) is 0.424. The molecule has 5 nitrogen and oxygen atoms in total. The van der Waals surface area contributed by atoms with Crippen molar-refractivity contribution in [2.45, 2.75) is 31.2 Å². The lowest BCUT2D eigenvalue weighted by molar-refractivity contribution is -0.195. The van der Waals surface area contributed by atoms with Crippen LogP contribution in [0.5, 0.6) is 0 Å². The van der Waals surface area contributed by atoms with E-state index < -0.39 is 18.9 Å². The zero-order valence-electron chi connectivity index (χ0n) is 10.4. The van der Waals surface area contributed by atoms with Crippen molar-refractivity contribution >= 4 is 6.03 Å². The van der Waals surface area contributed by atoms with Gasteiger partial charge in [0, 0.05) is 19.3 Å². The minimum Gasteiger partial charge on any atom is -0.381 e. The van der Waals surface area contributed by atoms with Gasteiger partial charge in [0.25, 0.3) is 0 Å². The number of nitrogens with one attached hydrogen (secondary N) is 1. The molecule has 0 aliphatic carbocycles. The van der Waals surface area contributed by atoms with E-state index in [1.54, 1.807) is 0 Å². The van der Waals surface area contributed by atoms with Crippen LogP contribution < -0.4 is 5.32 Å². The van der Waals surface area contributed by atoms with Gasteiger partial charge in [-0.1, -0.05) is 0 Å². The Labute approximate surface area is 109 Å². The predicted molar refractivity (Wildman–Crippen MR) is 59.7 cm³/mol. The quantitative estimate of drug-likeness (QED) is 0.844. The van der Waals surface area contributed by atoms with Crippen LogP contribution in [0.15, 0.2) is 0 Å². The second-order valence-corrected chi connectivity index (χ2v) is 4.79. The summed E-state index contributed by atoms with van der Waals surface area (Å²) in [7, 11) is 0. The first kappa shape index (κ1) is 14.4. The fraction of sp³-hybridized carbons (Fsp3) is 0.909. The Morgan fingerprint density at radius 2 is 1.95 bits per heavy atom. The largest absolute Gasteiger partial charge is 0.411 e. The molecule has 2 heterocycles. The minimum atomic E-state index is -4.31. The molecule has 0 saturated carbocycles. The van der Waals surface area contributed by atoms with E-state index in [0.717, 1.165) is 12.8 Å². The van der Waals surface area contributed by atoms with E-state index in [2.05, 4.69) is 10.1 Å². The molecule has 2 saturated heterocycles. The number of hydrogen-bond acceptors (Lipinski definition) is 3. The third-order valence-corrected chi connectivity index (χ3v) is 3.17. The van der Waals surface area contributed by atoms with Crippen molar-refractivity contribution in [2.24, 2.45) is 0 Å². The lowest BCUT2D eigenvalue weighted by Gasteiger charge is -2.39. The molecule has 19 heavy (non-hydrogen) atoms. The Hall–Kier alpha value is -1.02. The number of nitrogens with zero attached hydrogens (tertiary/aromatic N) is 1. The van der Waals surface area contributed by atoms with Crippen LogP contribution in [-0.2, 0) is 9.47 Å². The number of carbonyl (C=O) groups is 1. The second-order valence-electron chi connectivity index (χ2n) is 4.79. The highest BCUT2D eigenvalue weighted by Crippen LogP contribution is 2.19. The van der Waals surface area contributed by atoms with Crippen LogP contribution in [0.2, 0.25) is 0 Å². The molecule has 0 aromatic rings. The fourth-order valence-corrected chi connectivity index (χ4v) is 2.03. The van der Waals surface area contributed by atoms with Crippen molar-refractivity contribution in [3.63, 3.8) is 0 Å². The molecule has 1 N–H and O–H groups in total.